The molecule has 0 fully saturated rings. The lowest BCUT2D eigenvalue weighted by Gasteiger charge is -2.04. The summed E-state index contributed by atoms with van der Waals surface area (Å²) in [6.45, 7) is 0.454. The van der Waals surface area contributed by atoms with Crippen LogP contribution in [-0.2, 0) is 6.54 Å². The molecular formula is C15H10Cl2N4O2. The number of aromatic nitrogens is 3. The van der Waals surface area contributed by atoms with Gasteiger partial charge in [-0.25, -0.2) is 9.67 Å². The third kappa shape index (κ3) is 3.49. The van der Waals surface area contributed by atoms with Crippen LogP contribution in [0.2, 0.25) is 10.0 Å². The minimum atomic E-state index is -0.446. The lowest BCUT2D eigenvalue weighted by molar-refractivity contribution is -0.384. The van der Waals surface area contributed by atoms with Crippen LogP contribution in [0.1, 0.15) is 5.56 Å². The molecule has 0 spiro atoms. The maximum atomic E-state index is 10.7. The Morgan fingerprint density at radius 3 is 2.52 bits per heavy atom. The topological polar surface area (TPSA) is 73.8 Å². The lowest BCUT2D eigenvalue weighted by atomic mass is 10.2. The van der Waals surface area contributed by atoms with Crippen molar-refractivity contribution >= 4 is 28.9 Å². The van der Waals surface area contributed by atoms with Gasteiger partial charge in [0.2, 0.25) is 0 Å². The highest BCUT2D eigenvalue weighted by molar-refractivity contribution is 6.35. The first-order valence-electron chi connectivity index (χ1n) is 6.61. The Hall–Kier alpha value is -2.44. The standard InChI is InChI=1S/C15H10Cl2N4O2/c16-12-4-1-11(14(17)7-12)8-20-9-18-15(19-20)10-2-5-13(6-3-10)21(22)23/h1-7,9H,8H2. The third-order valence-electron chi connectivity index (χ3n) is 3.22. The van der Waals surface area contributed by atoms with Crippen molar-refractivity contribution in [3.05, 3.63) is 74.5 Å². The number of hydrogen-bond acceptors (Lipinski definition) is 4. The van der Waals surface area contributed by atoms with E-state index in [4.69, 9.17) is 23.2 Å². The summed E-state index contributed by atoms with van der Waals surface area (Å²) < 4.78 is 1.64. The molecule has 0 unspecified atom stereocenters. The van der Waals surface area contributed by atoms with Crippen molar-refractivity contribution in [1.82, 2.24) is 14.8 Å². The van der Waals surface area contributed by atoms with E-state index in [9.17, 15) is 10.1 Å². The highest BCUT2D eigenvalue weighted by Gasteiger charge is 2.09. The van der Waals surface area contributed by atoms with E-state index in [1.807, 2.05) is 6.07 Å². The number of nitro benzene ring substituents is 1. The number of halogens is 2. The van der Waals surface area contributed by atoms with Crippen LogP contribution in [0.4, 0.5) is 5.69 Å². The molecule has 0 aliphatic carbocycles. The van der Waals surface area contributed by atoms with Crippen molar-refractivity contribution in [3.63, 3.8) is 0 Å². The normalized spacial score (nSPS) is 10.7. The van der Waals surface area contributed by atoms with Crippen LogP contribution in [0.25, 0.3) is 11.4 Å². The van der Waals surface area contributed by atoms with Gasteiger partial charge in [-0.2, -0.15) is 5.10 Å². The third-order valence-corrected chi connectivity index (χ3v) is 3.81. The average Bonchev–Trinajstić information content (AvgIpc) is 2.99. The summed E-state index contributed by atoms with van der Waals surface area (Å²) in [5.74, 6) is 0.491. The van der Waals surface area contributed by atoms with Crippen LogP contribution >= 0.6 is 23.2 Å². The number of hydrogen-bond donors (Lipinski definition) is 0. The first-order valence-corrected chi connectivity index (χ1v) is 7.37. The molecule has 0 amide bonds. The maximum Gasteiger partial charge on any atom is 0.269 e. The molecule has 0 atom stereocenters. The van der Waals surface area contributed by atoms with Crippen molar-refractivity contribution in [3.8, 4) is 11.4 Å². The van der Waals surface area contributed by atoms with Gasteiger partial charge in [0.1, 0.15) is 6.33 Å². The Morgan fingerprint density at radius 1 is 1.13 bits per heavy atom. The molecule has 3 aromatic rings. The van der Waals surface area contributed by atoms with Crippen molar-refractivity contribution in [1.29, 1.82) is 0 Å². The van der Waals surface area contributed by atoms with E-state index in [-0.39, 0.29) is 5.69 Å². The Bertz CT molecular complexity index is 862. The van der Waals surface area contributed by atoms with E-state index in [0.717, 1.165) is 5.56 Å². The highest BCUT2D eigenvalue weighted by atomic mass is 35.5. The second kappa shape index (κ2) is 6.36. The van der Waals surface area contributed by atoms with Gasteiger partial charge >= 0.3 is 0 Å². The van der Waals surface area contributed by atoms with Crippen LogP contribution in [-0.4, -0.2) is 19.7 Å². The zero-order chi connectivity index (χ0) is 16.4. The van der Waals surface area contributed by atoms with Gasteiger partial charge in [-0.3, -0.25) is 10.1 Å². The Kier molecular flexibility index (Phi) is 4.27. The van der Waals surface area contributed by atoms with E-state index < -0.39 is 4.92 Å². The summed E-state index contributed by atoms with van der Waals surface area (Å²) in [7, 11) is 0. The van der Waals surface area contributed by atoms with Gasteiger partial charge in [-0.15, -0.1) is 0 Å². The second-order valence-electron chi connectivity index (χ2n) is 4.81. The zero-order valence-corrected chi connectivity index (χ0v) is 13.2. The molecule has 0 aliphatic heterocycles. The molecule has 3 rings (SSSR count). The van der Waals surface area contributed by atoms with Gasteiger partial charge in [-0.1, -0.05) is 29.3 Å². The summed E-state index contributed by atoms with van der Waals surface area (Å²) in [5, 5.41) is 16.2. The smallest absolute Gasteiger partial charge is 0.258 e. The van der Waals surface area contributed by atoms with Crippen LogP contribution in [0.5, 0.6) is 0 Å². The van der Waals surface area contributed by atoms with Crippen molar-refractivity contribution in [2.24, 2.45) is 0 Å². The van der Waals surface area contributed by atoms with Crippen molar-refractivity contribution < 1.29 is 4.92 Å². The predicted octanol–water partition coefficient (Wildman–Crippen LogP) is 4.21. The molecule has 116 valence electrons. The minimum Gasteiger partial charge on any atom is -0.258 e. The Morgan fingerprint density at radius 2 is 1.87 bits per heavy atom. The molecule has 23 heavy (non-hydrogen) atoms. The van der Waals surface area contributed by atoms with Gasteiger partial charge < -0.3 is 0 Å². The van der Waals surface area contributed by atoms with E-state index in [0.29, 0.717) is 28.0 Å². The predicted molar refractivity (Wildman–Crippen MR) is 87.7 cm³/mol. The van der Waals surface area contributed by atoms with Crippen LogP contribution in [0.15, 0.2) is 48.8 Å². The summed E-state index contributed by atoms with van der Waals surface area (Å²) in [4.78, 5) is 14.4. The number of non-ortho nitro benzene ring substituents is 1. The molecular weight excluding hydrogens is 339 g/mol. The summed E-state index contributed by atoms with van der Waals surface area (Å²) in [5.41, 5.74) is 1.61. The van der Waals surface area contributed by atoms with Crippen LogP contribution in [0, 0.1) is 10.1 Å². The van der Waals surface area contributed by atoms with Gasteiger partial charge in [-0.05, 0) is 29.8 Å². The lowest BCUT2D eigenvalue weighted by Crippen LogP contribution is -2.01. The summed E-state index contributed by atoms with van der Waals surface area (Å²) in [6, 6.07) is 11.3. The molecule has 1 heterocycles. The first kappa shape index (κ1) is 15.5. The first-order chi connectivity index (χ1) is 11.0. The summed E-state index contributed by atoms with van der Waals surface area (Å²) in [6.07, 6.45) is 1.59. The molecule has 0 aliphatic rings. The van der Waals surface area contributed by atoms with Crippen molar-refractivity contribution in [2.45, 2.75) is 6.54 Å². The molecule has 0 bridgehead atoms. The molecule has 6 nitrogen and oxygen atoms in total. The maximum absolute atomic E-state index is 10.7. The fourth-order valence-electron chi connectivity index (χ4n) is 2.06. The van der Waals surface area contributed by atoms with E-state index in [1.54, 1.807) is 35.3 Å². The van der Waals surface area contributed by atoms with Crippen molar-refractivity contribution in [2.75, 3.05) is 0 Å². The van der Waals surface area contributed by atoms with Gasteiger partial charge in [0.15, 0.2) is 5.82 Å². The highest BCUT2D eigenvalue weighted by Crippen LogP contribution is 2.22. The molecule has 8 heteroatoms. The van der Waals surface area contributed by atoms with E-state index >= 15 is 0 Å². The fourth-order valence-corrected chi connectivity index (χ4v) is 2.53. The monoisotopic (exact) mass is 348 g/mol. The van der Waals surface area contributed by atoms with Gasteiger partial charge in [0, 0.05) is 27.7 Å². The molecule has 2 aromatic carbocycles. The largest absolute Gasteiger partial charge is 0.269 e. The van der Waals surface area contributed by atoms with E-state index in [1.165, 1.54) is 12.1 Å². The van der Waals surface area contributed by atoms with Crippen LogP contribution < -0.4 is 0 Å². The van der Waals surface area contributed by atoms with Crippen LogP contribution in [0.3, 0.4) is 0 Å². The van der Waals surface area contributed by atoms with Gasteiger partial charge in [0.25, 0.3) is 5.69 Å². The molecule has 0 N–H and O–H groups in total. The Balaban J connectivity index is 1.81. The second-order valence-corrected chi connectivity index (χ2v) is 5.65. The zero-order valence-electron chi connectivity index (χ0n) is 11.7. The number of rotatable bonds is 4. The average molecular weight is 349 g/mol. The number of benzene rings is 2. The SMILES string of the molecule is O=[N+]([O-])c1ccc(-c2ncn(Cc3ccc(Cl)cc3Cl)n2)cc1. The quantitative estimate of drug-likeness (QED) is 0.522. The van der Waals surface area contributed by atoms with Gasteiger partial charge in [0.05, 0.1) is 11.5 Å². The molecule has 0 radical (unpaired) electrons. The number of nitro groups is 1. The van der Waals surface area contributed by atoms with E-state index in [2.05, 4.69) is 10.1 Å². The summed E-state index contributed by atoms with van der Waals surface area (Å²) >= 11 is 12.0. The number of nitrogens with zero attached hydrogens (tertiary/aromatic N) is 4. The molecule has 0 saturated heterocycles. The Labute approximate surface area is 141 Å². The molecule has 0 saturated carbocycles. The fraction of sp³-hybridized carbons (Fsp3) is 0.0667. The minimum absolute atomic E-state index is 0.0288. The molecule has 1 aromatic heterocycles.